The number of carbonyl (C=O) groups is 1. The Morgan fingerprint density at radius 2 is 2.39 bits per heavy atom. The summed E-state index contributed by atoms with van der Waals surface area (Å²) in [7, 11) is 0. The molecule has 1 unspecified atom stereocenters. The van der Waals surface area contributed by atoms with Crippen LogP contribution in [0.3, 0.4) is 0 Å². The molecule has 0 N–H and O–H groups in total. The van der Waals surface area contributed by atoms with Crippen molar-refractivity contribution in [2.45, 2.75) is 52.2 Å². The van der Waals surface area contributed by atoms with E-state index in [-0.39, 0.29) is 11.9 Å². The molecule has 2 heterocycles. The minimum absolute atomic E-state index is 0.107. The van der Waals surface area contributed by atoms with E-state index in [2.05, 4.69) is 5.10 Å². The molecule has 0 spiro atoms. The third-order valence-electron chi connectivity index (χ3n) is 3.30. The lowest BCUT2D eigenvalue weighted by atomic mass is 10.1. The molecule has 1 atom stereocenters. The van der Waals surface area contributed by atoms with Crippen LogP contribution in [-0.4, -0.2) is 28.3 Å². The van der Waals surface area contributed by atoms with Gasteiger partial charge in [0.05, 0.1) is 22.5 Å². The zero-order valence-corrected chi connectivity index (χ0v) is 11.7. The van der Waals surface area contributed by atoms with E-state index < -0.39 is 0 Å². The second kappa shape index (κ2) is 5.85. The van der Waals surface area contributed by atoms with Gasteiger partial charge in [0.15, 0.2) is 0 Å². The second-order valence-electron chi connectivity index (χ2n) is 4.72. The van der Waals surface area contributed by atoms with Gasteiger partial charge in [-0.05, 0) is 26.7 Å². The van der Waals surface area contributed by atoms with Crippen LogP contribution in [0.5, 0.6) is 0 Å². The first-order chi connectivity index (χ1) is 8.61. The largest absolute Gasteiger partial charge is 0.378 e. The van der Waals surface area contributed by atoms with Gasteiger partial charge < -0.3 is 4.74 Å². The number of rotatable bonds is 5. The van der Waals surface area contributed by atoms with E-state index in [0.717, 1.165) is 37.4 Å². The number of ketones is 1. The van der Waals surface area contributed by atoms with E-state index in [1.54, 1.807) is 0 Å². The molecule has 1 aromatic rings. The van der Waals surface area contributed by atoms with E-state index in [0.29, 0.717) is 17.9 Å². The SMILES string of the molecule is CCn1nc(C)c(Cl)c1CC(=O)CC1CCCO1. The van der Waals surface area contributed by atoms with E-state index in [1.165, 1.54) is 0 Å². The first kappa shape index (κ1) is 13.6. The molecule has 0 aromatic carbocycles. The van der Waals surface area contributed by atoms with Gasteiger partial charge >= 0.3 is 0 Å². The van der Waals surface area contributed by atoms with Crippen LogP contribution in [-0.2, 0) is 22.5 Å². The fourth-order valence-corrected chi connectivity index (χ4v) is 2.56. The molecule has 1 saturated heterocycles. The van der Waals surface area contributed by atoms with Crippen molar-refractivity contribution in [2.24, 2.45) is 0 Å². The molecule has 18 heavy (non-hydrogen) atoms. The van der Waals surface area contributed by atoms with Gasteiger partial charge in [-0.25, -0.2) is 0 Å². The molecular formula is C13H19ClN2O2. The number of ether oxygens (including phenoxy) is 1. The molecule has 2 rings (SSSR count). The van der Waals surface area contributed by atoms with Crippen LogP contribution < -0.4 is 0 Å². The van der Waals surface area contributed by atoms with Crippen molar-refractivity contribution < 1.29 is 9.53 Å². The summed E-state index contributed by atoms with van der Waals surface area (Å²) in [5.41, 5.74) is 1.62. The van der Waals surface area contributed by atoms with Crippen molar-refractivity contribution in [3.63, 3.8) is 0 Å². The molecule has 1 fully saturated rings. The predicted molar refractivity (Wildman–Crippen MR) is 70.0 cm³/mol. The van der Waals surface area contributed by atoms with Crippen LogP contribution in [0.25, 0.3) is 0 Å². The minimum Gasteiger partial charge on any atom is -0.378 e. The van der Waals surface area contributed by atoms with Crippen molar-refractivity contribution in [1.82, 2.24) is 9.78 Å². The highest BCUT2D eigenvalue weighted by molar-refractivity contribution is 6.32. The van der Waals surface area contributed by atoms with Crippen LogP contribution in [0.15, 0.2) is 0 Å². The van der Waals surface area contributed by atoms with E-state index in [9.17, 15) is 4.79 Å². The highest BCUT2D eigenvalue weighted by Gasteiger charge is 2.21. The Kier molecular flexibility index (Phi) is 4.40. The third-order valence-corrected chi connectivity index (χ3v) is 3.79. The van der Waals surface area contributed by atoms with Crippen LogP contribution in [0.1, 0.15) is 37.6 Å². The summed E-state index contributed by atoms with van der Waals surface area (Å²) >= 11 is 6.19. The number of hydrogen-bond donors (Lipinski definition) is 0. The van der Waals surface area contributed by atoms with Gasteiger partial charge in [0.25, 0.3) is 0 Å². The Morgan fingerprint density at radius 1 is 1.61 bits per heavy atom. The maximum absolute atomic E-state index is 12.0. The molecule has 0 aliphatic carbocycles. The van der Waals surface area contributed by atoms with E-state index in [1.807, 2.05) is 18.5 Å². The summed E-state index contributed by atoms with van der Waals surface area (Å²) in [6, 6.07) is 0. The van der Waals surface area contributed by atoms with Gasteiger partial charge in [-0.15, -0.1) is 0 Å². The van der Waals surface area contributed by atoms with Gasteiger partial charge in [0.2, 0.25) is 0 Å². The molecule has 0 bridgehead atoms. The van der Waals surface area contributed by atoms with Crippen molar-refractivity contribution in [1.29, 1.82) is 0 Å². The van der Waals surface area contributed by atoms with Crippen molar-refractivity contribution >= 4 is 17.4 Å². The fraction of sp³-hybridized carbons (Fsp3) is 0.692. The first-order valence-electron chi connectivity index (χ1n) is 6.47. The Hall–Kier alpha value is -0.870. The normalized spacial score (nSPS) is 19.4. The summed E-state index contributed by atoms with van der Waals surface area (Å²) < 4.78 is 7.29. The molecule has 1 aromatic heterocycles. The molecule has 0 saturated carbocycles. The Morgan fingerprint density at radius 3 is 3.00 bits per heavy atom. The molecular weight excluding hydrogens is 252 g/mol. The van der Waals surface area contributed by atoms with Gasteiger partial charge in [-0.3, -0.25) is 9.48 Å². The standard InChI is InChI=1S/C13H19ClN2O2/c1-3-16-12(13(14)9(2)15-16)8-10(17)7-11-5-4-6-18-11/h11H,3-8H2,1-2H3. The summed E-state index contributed by atoms with van der Waals surface area (Å²) in [5.74, 6) is 0.179. The van der Waals surface area contributed by atoms with Gasteiger partial charge in [0, 0.05) is 26.0 Å². The second-order valence-corrected chi connectivity index (χ2v) is 5.09. The molecule has 1 aliphatic heterocycles. The van der Waals surface area contributed by atoms with Gasteiger partial charge in [-0.1, -0.05) is 11.6 Å². The summed E-state index contributed by atoms with van der Waals surface area (Å²) in [6.45, 7) is 5.38. The average Bonchev–Trinajstić information content (AvgIpc) is 2.92. The number of aryl methyl sites for hydroxylation is 2. The van der Waals surface area contributed by atoms with Crippen molar-refractivity contribution in [3.05, 3.63) is 16.4 Å². The summed E-state index contributed by atoms with van der Waals surface area (Å²) in [4.78, 5) is 12.0. The monoisotopic (exact) mass is 270 g/mol. The Balaban J connectivity index is 2.01. The lowest BCUT2D eigenvalue weighted by Crippen LogP contribution is -2.16. The molecule has 1 aliphatic rings. The van der Waals surface area contributed by atoms with Crippen LogP contribution in [0, 0.1) is 6.92 Å². The van der Waals surface area contributed by atoms with Crippen LogP contribution >= 0.6 is 11.6 Å². The smallest absolute Gasteiger partial charge is 0.141 e. The molecule has 100 valence electrons. The van der Waals surface area contributed by atoms with E-state index in [4.69, 9.17) is 16.3 Å². The first-order valence-corrected chi connectivity index (χ1v) is 6.84. The highest BCUT2D eigenvalue weighted by Crippen LogP contribution is 2.22. The Labute approximate surface area is 112 Å². The highest BCUT2D eigenvalue weighted by atomic mass is 35.5. The minimum atomic E-state index is 0.107. The van der Waals surface area contributed by atoms with Crippen molar-refractivity contribution in [2.75, 3.05) is 6.61 Å². The quantitative estimate of drug-likeness (QED) is 0.826. The number of carbonyl (C=O) groups excluding carboxylic acids is 1. The number of hydrogen-bond acceptors (Lipinski definition) is 3. The van der Waals surface area contributed by atoms with Crippen LogP contribution in [0.2, 0.25) is 5.02 Å². The molecule has 5 heteroatoms. The Bertz CT molecular complexity index is 436. The average molecular weight is 271 g/mol. The molecule has 0 radical (unpaired) electrons. The number of aromatic nitrogens is 2. The maximum Gasteiger partial charge on any atom is 0.141 e. The topological polar surface area (TPSA) is 44.1 Å². The van der Waals surface area contributed by atoms with Crippen LogP contribution in [0.4, 0.5) is 0 Å². The zero-order chi connectivity index (χ0) is 13.1. The number of Topliss-reactive ketones (excluding diaryl/α,β-unsaturated/α-hetero) is 1. The number of halogens is 1. The zero-order valence-electron chi connectivity index (χ0n) is 10.9. The predicted octanol–water partition coefficient (Wildman–Crippen LogP) is 2.55. The third kappa shape index (κ3) is 2.93. The van der Waals surface area contributed by atoms with Gasteiger partial charge in [-0.2, -0.15) is 5.10 Å². The maximum atomic E-state index is 12.0. The fourth-order valence-electron chi connectivity index (χ4n) is 2.36. The summed E-state index contributed by atoms with van der Waals surface area (Å²) in [6.07, 6.45) is 3.00. The number of nitrogens with zero attached hydrogens (tertiary/aromatic N) is 2. The lowest BCUT2D eigenvalue weighted by molar-refractivity contribution is -0.120. The lowest BCUT2D eigenvalue weighted by Gasteiger charge is -2.09. The summed E-state index contributed by atoms with van der Waals surface area (Å²) in [5, 5.41) is 4.94. The van der Waals surface area contributed by atoms with Gasteiger partial charge in [0.1, 0.15) is 5.78 Å². The van der Waals surface area contributed by atoms with E-state index >= 15 is 0 Å². The molecule has 4 nitrogen and oxygen atoms in total. The molecule has 0 amide bonds. The van der Waals surface area contributed by atoms with Crippen molar-refractivity contribution in [3.8, 4) is 0 Å².